The van der Waals surface area contributed by atoms with Crippen molar-refractivity contribution >= 4 is 34.4 Å². The zero-order valence-corrected chi connectivity index (χ0v) is 19.6. The number of piperazine rings is 1. The van der Waals surface area contributed by atoms with Gasteiger partial charge in [0.2, 0.25) is 5.91 Å². The van der Waals surface area contributed by atoms with Crippen molar-refractivity contribution in [3.05, 3.63) is 59.7 Å². The molecule has 0 saturated carbocycles. The highest BCUT2D eigenvalue weighted by Gasteiger charge is 2.16. The van der Waals surface area contributed by atoms with Gasteiger partial charge in [-0.3, -0.25) is 4.79 Å². The third-order valence-electron chi connectivity index (χ3n) is 5.95. The number of aromatic nitrogens is 1. The Hall–Kier alpha value is -3.58. The molecule has 2 aromatic carbocycles. The third-order valence-corrected chi connectivity index (χ3v) is 5.95. The molecule has 0 radical (unpaired) electrons. The normalized spacial score (nSPS) is 14.6. The van der Waals surface area contributed by atoms with Crippen LogP contribution in [0.5, 0.6) is 11.5 Å². The van der Waals surface area contributed by atoms with Gasteiger partial charge < -0.3 is 24.6 Å². The second-order valence-corrected chi connectivity index (χ2v) is 8.25. The molecule has 0 unspecified atom stereocenters. The van der Waals surface area contributed by atoms with Crippen molar-refractivity contribution in [2.75, 3.05) is 57.7 Å². The molecule has 1 fully saturated rings. The average molecular weight is 447 g/mol. The van der Waals surface area contributed by atoms with Gasteiger partial charge in [-0.15, -0.1) is 0 Å². The Bertz CT molecular complexity index is 1180. The van der Waals surface area contributed by atoms with Gasteiger partial charge in [-0.05, 0) is 68.1 Å². The Labute approximate surface area is 194 Å². The highest BCUT2D eigenvalue weighted by Crippen LogP contribution is 2.27. The first-order valence-electron chi connectivity index (χ1n) is 11.0. The van der Waals surface area contributed by atoms with E-state index in [1.165, 1.54) is 6.08 Å². The van der Waals surface area contributed by atoms with Gasteiger partial charge in [0, 0.05) is 48.9 Å². The third kappa shape index (κ3) is 5.26. The Morgan fingerprint density at radius 1 is 1.03 bits per heavy atom. The van der Waals surface area contributed by atoms with Crippen molar-refractivity contribution in [2.45, 2.75) is 6.92 Å². The summed E-state index contributed by atoms with van der Waals surface area (Å²) in [7, 11) is 5.35. The molecule has 0 aliphatic carbocycles. The largest absolute Gasteiger partial charge is 0.497 e. The molecule has 0 bridgehead atoms. The molecule has 1 N–H and O–H groups in total. The first kappa shape index (κ1) is 22.6. The summed E-state index contributed by atoms with van der Waals surface area (Å²) in [6.07, 6.45) is 3.20. The molecule has 2 heterocycles. The molecule has 1 aromatic heterocycles. The summed E-state index contributed by atoms with van der Waals surface area (Å²) in [5.41, 5.74) is 3.56. The second kappa shape index (κ2) is 9.92. The predicted molar refractivity (Wildman–Crippen MR) is 133 cm³/mol. The van der Waals surface area contributed by atoms with Crippen LogP contribution in [0, 0.1) is 6.92 Å². The van der Waals surface area contributed by atoms with E-state index in [0.717, 1.165) is 59.7 Å². The number of ether oxygens (including phenoxy) is 2. The molecule has 0 spiro atoms. The molecule has 7 heteroatoms. The van der Waals surface area contributed by atoms with Gasteiger partial charge in [0.15, 0.2) is 0 Å². The molecular weight excluding hydrogens is 416 g/mol. The number of anilines is 2. The van der Waals surface area contributed by atoms with Gasteiger partial charge in [-0.25, -0.2) is 4.98 Å². The number of benzene rings is 2. The molecule has 33 heavy (non-hydrogen) atoms. The number of amides is 1. The molecule has 4 rings (SSSR count). The molecule has 172 valence electrons. The number of pyridine rings is 1. The van der Waals surface area contributed by atoms with Gasteiger partial charge in [0.1, 0.15) is 17.3 Å². The van der Waals surface area contributed by atoms with E-state index >= 15 is 0 Å². The van der Waals surface area contributed by atoms with Crippen LogP contribution in [0.25, 0.3) is 17.0 Å². The first-order valence-corrected chi connectivity index (χ1v) is 11.0. The van der Waals surface area contributed by atoms with Gasteiger partial charge in [-0.2, -0.15) is 0 Å². The molecule has 1 amide bonds. The summed E-state index contributed by atoms with van der Waals surface area (Å²) in [6.45, 7) is 6.13. The van der Waals surface area contributed by atoms with E-state index in [1.807, 2.05) is 36.4 Å². The first-order chi connectivity index (χ1) is 16.0. The van der Waals surface area contributed by atoms with Gasteiger partial charge in [-0.1, -0.05) is 0 Å². The molecule has 1 aliphatic heterocycles. The van der Waals surface area contributed by atoms with Crippen LogP contribution >= 0.6 is 0 Å². The number of methoxy groups -OCH3 is 2. The lowest BCUT2D eigenvalue weighted by molar-refractivity contribution is -0.111. The van der Waals surface area contributed by atoms with Crippen molar-refractivity contribution in [2.24, 2.45) is 0 Å². The van der Waals surface area contributed by atoms with Crippen molar-refractivity contribution in [3.63, 3.8) is 0 Å². The maximum absolute atomic E-state index is 12.6. The van der Waals surface area contributed by atoms with Gasteiger partial charge >= 0.3 is 0 Å². The lowest BCUT2D eigenvalue weighted by atomic mass is 10.1. The average Bonchev–Trinajstić information content (AvgIpc) is 2.83. The summed E-state index contributed by atoms with van der Waals surface area (Å²) < 4.78 is 10.6. The summed E-state index contributed by atoms with van der Waals surface area (Å²) in [5, 5.41) is 3.97. The van der Waals surface area contributed by atoms with E-state index in [-0.39, 0.29) is 5.91 Å². The minimum absolute atomic E-state index is 0.223. The SMILES string of the molecule is COc1ccc(OC)c(C=CC(=O)Nc2ccc3nc(N4CCN(C)CC4)cc(C)c3c2)c1. The van der Waals surface area contributed by atoms with E-state index in [1.54, 1.807) is 20.3 Å². The zero-order chi connectivity index (χ0) is 23.4. The van der Waals surface area contributed by atoms with Crippen LogP contribution in [0.15, 0.2) is 48.5 Å². The highest BCUT2D eigenvalue weighted by atomic mass is 16.5. The molecule has 1 saturated heterocycles. The van der Waals surface area contributed by atoms with Crippen molar-refractivity contribution < 1.29 is 14.3 Å². The number of nitrogens with zero attached hydrogens (tertiary/aromatic N) is 3. The standard InChI is InChI=1S/C26H30N4O3/c1-18-15-25(30-13-11-29(2)12-14-30)28-23-8-6-20(17-22(18)23)27-26(31)10-5-19-16-21(32-3)7-9-24(19)33-4/h5-10,15-17H,11-14H2,1-4H3,(H,27,31). The van der Waals surface area contributed by atoms with Crippen LogP contribution in [0.1, 0.15) is 11.1 Å². The highest BCUT2D eigenvalue weighted by molar-refractivity contribution is 6.03. The summed E-state index contributed by atoms with van der Waals surface area (Å²) in [4.78, 5) is 22.1. The minimum Gasteiger partial charge on any atom is -0.497 e. The number of carbonyl (C=O) groups is 1. The molecule has 1 aliphatic rings. The minimum atomic E-state index is -0.223. The number of carbonyl (C=O) groups excluding carboxylic acids is 1. The smallest absolute Gasteiger partial charge is 0.248 e. The van der Waals surface area contributed by atoms with Crippen LogP contribution in [0.2, 0.25) is 0 Å². The lowest BCUT2D eigenvalue weighted by Gasteiger charge is -2.33. The van der Waals surface area contributed by atoms with Crippen molar-refractivity contribution in [1.82, 2.24) is 9.88 Å². The number of likely N-dealkylation sites (N-methyl/N-ethyl adjacent to an activating group) is 1. The molecule has 0 atom stereocenters. The summed E-state index contributed by atoms with van der Waals surface area (Å²) in [6, 6.07) is 13.4. The maximum atomic E-state index is 12.6. The van der Waals surface area contributed by atoms with Crippen LogP contribution < -0.4 is 19.7 Å². The number of hydrogen-bond donors (Lipinski definition) is 1. The predicted octanol–water partition coefficient (Wildman–Crippen LogP) is 3.96. The summed E-state index contributed by atoms with van der Waals surface area (Å²) in [5.74, 6) is 2.16. The van der Waals surface area contributed by atoms with Crippen LogP contribution in [-0.2, 0) is 4.79 Å². The fourth-order valence-electron chi connectivity index (χ4n) is 3.97. The van der Waals surface area contributed by atoms with E-state index in [0.29, 0.717) is 11.5 Å². The quantitative estimate of drug-likeness (QED) is 0.578. The number of rotatable bonds is 6. The van der Waals surface area contributed by atoms with E-state index in [4.69, 9.17) is 14.5 Å². The van der Waals surface area contributed by atoms with Crippen molar-refractivity contribution in [1.29, 1.82) is 0 Å². The van der Waals surface area contributed by atoms with Gasteiger partial charge in [0.05, 0.1) is 19.7 Å². The van der Waals surface area contributed by atoms with Crippen LogP contribution in [-0.4, -0.2) is 63.2 Å². The molecule has 3 aromatic rings. The topological polar surface area (TPSA) is 66.9 Å². The monoisotopic (exact) mass is 446 g/mol. The Morgan fingerprint density at radius 3 is 2.55 bits per heavy atom. The molecular formula is C26H30N4O3. The van der Waals surface area contributed by atoms with E-state index in [9.17, 15) is 4.79 Å². The van der Waals surface area contributed by atoms with Crippen molar-refractivity contribution in [3.8, 4) is 11.5 Å². The van der Waals surface area contributed by atoms with Crippen LogP contribution in [0.4, 0.5) is 11.5 Å². The van der Waals surface area contributed by atoms with E-state index in [2.05, 4.69) is 35.2 Å². The molecule has 7 nitrogen and oxygen atoms in total. The number of aryl methyl sites for hydroxylation is 1. The number of hydrogen-bond acceptors (Lipinski definition) is 6. The Morgan fingerprint density at radius 2 is 1.82 bits per heavy atom. The second-order valence-electron chi connectivity index (χ2n) is 8.25. The maximum Gasteiger partial charge on any atom is 0.248 e. The summed E-state index contributed by atoms with van der Waals surface area (Å²) >= 11 is 0. The zero-order valence-electron chi connectivity index (χ0n) is 19.6. The fourth-order valence-corrected chi connectivity index (χ4v) is 3.97. The number of nitrogens with one attached hydrogen (secondary N) is 1. The Balaban J connectivity index is 1.50. The lowest BCUT2D eigenvalue weighted by Crippen LogP contribution is -2.44. The van der Waals surface area contributed by atoms with E-state index < -0.39 is 0 Å². The Kier molecular flexibility index (Phi) is 6.79. The fraction of sp³-hybridized carbons (Fsp3) is 0.308. The van der Waals surface area contributed by atoms with Gasteiger partial charge in [0.25, 0.3) is 0 Å². The van der Waals surface area contributed by atoms with Crippen LogP contribution in [0.3, 0.4) is 0 Å². The number of fused-ring (bicyclic) bond motifs is 1.